The highest BCUT2D eigenvalue weighted by atomic mass is 16.3. The zero-order chi connectivity index (χ0) is 13.7. The maximum atomic E-state index is 12.4. The Labute approximate surface area is 115 Å². The third kappa shape index (κ3) is 3.75. The van der Waals surface area contributed by atoms with Gasteiger partial charge < -0.3 is 14.6 Å². The lowest BCUT2D eigenvalue weighted by molar-refractivity contribution is 0.162. The highest BCUT2D eigenvalue weighted by molar-refractivity contribution is 5.74. The lowest BCUT2D eigenvalue weighted by Gasteiger charge is -2.29. The summed E-state index contributed by atoms with van der Waals surface area (Å²) in [5.41, 5.74) is 0. The molecular formula is C15H24N2O2. The Bertz CT molecular complexity index is 383. The van der Waals surface area contributed by atoms with E-state index in [4.69, 9.17) is 4.42 Å². The van der Waals surface area contributed by atoms with E-state index in [1.807, 2.05) is 24.0 Å². The Kier molecular flexibility index (Phi) is 4.88. The molecule has 1 heterocycles. The molecule has 4 nitrogen and oxygen atoms in total. The first kappa shape index (κ1) is 14.0. The van der Waals surface area contributed by atoms with Gasteiger partial charge in [-0.25, -0.2) is 4.79 Å². The van der Waals surface area contributed by atoms with Crippen molar-refractivity contribution in [2.24, 2.45) is 0 Å². The Hall–Kier alpha value is -1.45. The molecule has 106 valence electrons. The average molecular weight is 264 g/mol. The number of carbonyl (C=O) groups excluding carboxylic acids is 1. The summed E-state index contributed by atoms with van der Waals surface area (Å²) in [6, 6.07) is 4.41. The van der Waals surface area contributed by atoms with Gasteiger partial charge in [-0.05, 0) is 38.3 Å². The number of carbonyl (C=O) groups is 1. The zero-order valence-electron chi connectivity index (χ0n) is 11.9. The number of rotatable bonds is 5. The van der Waals surface area contributed by atoms with Crippen LogP contribution >= 0.6 is 0 Å². The molecule has 4 heteroatoms. The first-order chi connectivity index (χ1) is 9.20. The summed E-state index contributed by atoms with van der Waals surface area (Å²) in [6.45, 7) is 4.69. The largest absolute Gasteiger partial charge is 0.467 e. The lowest BCUT2D eigenvalue weighted by Crippen LogP contribution is -2.47. The monoisotopic (exact) mass is 264 g/mol. The second kappa shape index (κ2) is 6.64. The van der Waals surface area contributed by atoms with Crippen LogP contribution in [0.15, 0.2) is 22.8 Å². The van der Waals surface area contributed by atoms with Gasteiger partial charge in [-0.15, -0.1) is 0 Å². The molecule has 2 amide bonds. The second-order valence-electron chi connectivity index (χ2n) is 5.40. The SMILES string of the molecule is CCC(C)NC(=O)N(Cc1ccco1)C1CCCC1. The van der Waals surface area contributed by atoms with Crippen LogP contribution in [0.5, 0.6) is 0 Å². The minimum absolute atomic E-state index is 0.0395. The molecule has 0 saturated heterocycles. The Balaban J connectivity index is 2.02. The average Bonchev–Trinajstić information content (AvgIpc) is 3.08. The van der Waals surface area contributed by atoms with Crippen molar-refractivity contribution in [3.63, 3.8) is 0 Å². The summed E-state index contributed by atoms with van der Waals surface area (Å²) in [5, 5.41) is 3.06. The molecule has 0 bridgehead atoms. The summed E-state index contributed by atoms with van der Waals surface area (Å²) in [7, 11) is 0. The van der Waals surface area contributed by atoms with Crippen molar-refractivity contribution >= 4 is 6.03 Å². The van der Waals surface area contributed by atoms with E-state index in [9.17, 15) is 4.79 Å². The number of amides is 2. The van der Waals surface area contributed by atoms with Gasteiger partial charge in [0.2, 0.25) is 0 Å². The van der Waals surface area contributed by atoms with Crippen molar-refractivity contribution < 1.29 is 9.21 Å². The molecule has 19 heavy (non-hydrogen) atoms. The maximum absolute atomic E-state index is 12.4. The summed E-state index contributed by atoms with van der Waals surface area (Å²) >= 11 is 0. The van der Waals surface area contributed by atoms with E-state index in [0.717, 1.165) is 25.0 Å². The van der Waals surface area contributed by atoms with Crippen molar-refractivity contribution in [3.8, 4) is 0 Å². The van der Waals surface area contributed by atoms with Crippen LogP contribution < -0.4 is 5.32 Å². The smallest absolute Gasteiger partial charge is 0.318 e. The van der Waals surface area contributed by atoms with Crippen LogP contribution in [0.2, 0.25) is 0 Å². The van der Waals surface area contributed by atoms with Gasteiger partial charge in [0, 0.05) is 12.1 Å². The van der Waals surface area contributed by atoms with Gasteiger partial charge in [-0.2, -0.15) is 0 Å². The topological polar surface area (TPSA) is 45.5 Å². The van der Waals surface area contributed by atoms with Crippen LogP contribution in [0.4, 0.5) is 4.79 Å². The number of nitrogens with one attached hydrogen (secondary N) is 1. The highest BCUT2D eigenvalue weighted by Crippen LogP contribution is 2.25. The number of nitrogens with zero attached hydrogens (tertiary/aromatic N) is 1. The van der Waals surface area contributed by atoms with Crippen molar-refractivity contribution in [3.05, 3.63) is 24.2 Å². The van der Waals surface area contributed by atoms with E-state index >= 15 is 0 Å². The minimum atomic E-state index is 0.0395. The zero-order valence-corrected chi connectivity index (χ0v) is 11.9. The molecule has 1 aromatic rings. The summed E-state index contributed by atoms with van der Waals surface area (Å²) in [4.78, 5) is 14.3. The van der Waals surface area contributed by atoms with E-state index in [-0.39, 0.29) is 12.1 Å². The molecule has 0 aromatic carbocycles. The molecule has 0 radical (unpaired) electrons. The van der Waals surface area contributed by atoms with E-state index in [0.29, 0.717) is 12.6 Å². The normalized spacial score (nSPS) is 17.4. The van der Waals surface area contributed by atoms with Crippen LogP contribution in [-0.4, -0.2) is 23.0 Å². The fourth-order valence-corrected chi connectivity index (χ4v) is 2.55. The van der Waals surface area contributed by atoms with Gasteiger partial charge in [0.25, 0.3) is 0 Å². The van der Waals surface area contributed by atoms with Crippen molar-refractivity contribution in [2.75, 3.05) is 0 Å². The molecule has 1 fully saturated rings. The summed E-state index contributed by atoms with van der Waals surface area (Å²) < 4.78 is 5.38. The Morgan fingerprint density at radius 3 is 2.84 bits per heavy atom. The van der Waals surface area contributed by atoms with E-state index in [1.165, 1.54) is 12.8 Å². The van der Waals surface area contributed by atoms with E-state index in [2.05, 4.69) is 12.2 Å². The third-order valence-electron chi connectivity index (χ3n) is 3.91. The molecular weight excluding hydrogens is 240 g/mol. The fraction of sp³-hybridized carbons (Fsp3) is 0.667. The molecule has 0 aliphatic heterocycles. The van der Waals surface area contributed by atoms with E-state index in [1.54, 1.807) is 6.26 Å². The van der Waals surface area contributed by atoms with Gasteiger partial charge in [0.15, 0.2) is 0 Å². The van der Waals surface area contributed by atoms with Crippen LogP contribution in [-0.2, 0) is 6.54 Å². The molecule has 1 saturated carbocycles. The molecule has 1 unspecified atom stereocenters. The number of hydrogen-bond donors (Lipinski definition) is 1. The van der Waals surface area contributed by atoms with Crippen LogP contribution in [0, 0.1) is 0 Å². The van der Waals surface area contributed by atoms with Crippen molar-refractivity contribution in [1.82, 2.24) is 10.2 Å². The summed E-state index contributed by atoms with van der Waals surface area (Å²) in [5.74, 6) is 0.853. The highest BCUT2D eigenvalue weighted by Gasteiger charge is 2.27. The van der Waals surface area contributed by atoms with Crippen molar-refractivity contribution in [1.29, 1.82) is 0 Å². The number of urea groups is 1. The quantitative estimate of drug-likeness (QED) is 0.884. The van der Waals surface area contributed by atoms with Gasteiger partial charge in [0.1, 0.15) is 5.76 Å². The Morgan fingerprint density at radius 1 is 1.53 bits per heavy atom. The standard InChI is InChI=1S/C15H24N2O2/c1-3-12(2)16-15(18)17(13-7-4-5-8-13)11-14-9-6-10-19-14/h6,9-10,12-13H,3-5,7-8,11H2,1-2H3,(H,16,18). The van der Waals surface area contributed by atoms with Crippen LogP contribution in [0.25, 0.3) is 0 Å². The first-order valence-electron chi connectivity index (χ1n) is 7.30. The number of furan rings is 1. The maximum Gasteiger partial charge on any atom is 0.318 e. The molecule has 1 aromatic heterocycles. The van der Waals surface area contributed by atoms with Crippen molar-refractivity contribution in [2.45, 2.75) is 64.6 Å². The predicted molar refractivity (Wildman–Crippen MR) is 74.8 cm³/mol. The van der Waals surface area contributed by atoms with E-state index < -0.39 is 0 Å². The first-order valence-corrected chi connectivity index (χ1v) is 7.30. The van der Waals surface area contributed by atoms with Gasteiger partial charge in [0.05, 0.1) is 12.8 Å². The van der Waals surface area contributed by atoms with Gasteiger partial charge >= 0.3 is 6.03 Å². The molecule has 1 aliphatic carbocycles. The molecule has 1 aliphatic rings. The third-order valence-corrected chi connectivity index (χ3v) is 3.91. The second-order valence-corrected chi connectivity index (χ2v) is 5.40. The van der Waals surface area contributed by atoms with Gasteiger partial charge in [-0.1, -0.05) is 19.8 Å². The minimum Gasteiger partial charge on any atom is -0.467 e. The van der Waals surface area contributed by atoms with Crippen LogP contribution in [0.1, 0.15) is 51.7 Å². The number of hydrogen-bond acceptors (Lipinski definition) is 2. The molecule has 1 N–H and O–H groups in total. The van der Waals surface area contributed by atoms with Gasteiger partial charge in [-0.3, -0.25) is 0 Å². The van der Waals surface area contributed by atoms with Crippen LogP contribution in [0.3, 0.4) is 0 Å². The molecule has 1 atom stereocenters. The predicted octanol–water partition coefficient (Wildman–Crippen LogP) is 3.53. The fourth-order valence-electron chi connectivity index (χ4n) is 2.55. The Morgan fingerprint density at radius 2 is 2.26 bits per heavy atom. The molecule has 0 spiro atoms. The lowest BCUT2D eigenvalue weighted by atomic mass is 10.2. The summed E-state index contributed by atoms with van der Waals surface area (Å²) in [6.07, 6.45) is 7.26. The molecule has 2 rings (SSSR count).